The zero-order valence-electron chi connectivity index (χ0n) is 13.6. The van der Waals surface area contributed by atoms with Gasteiger partial charge in [-0.05, 0) is 24.7 Å². The number of rotatable bonds is 14. The smallest absolute Gasteiger partial charge is 0.00989 e. The fourth-order valence-corrected chi connectivity index (χ4v) is 2.51. The van der Waals surface area contributed by atoms with Crippen LogP contribution in [0.4, 0.5) is 0 Å². The summed E-state index contributed by atoms with van der Waals surface area (Å²) >= 11 is 0. The van der Waals surface area contributed by atoms with Gasteiger partial charge in [-0.3, -0.25) is 0 Å². The van der Waals surface area contributed by atoms with Crippen LogP contribution in [-0.2, 0) is 0 Å². The van der Waals surface area contributed by atoms with Crippen molar-refractivity contribution in [1.29, 1.82) is 0 Å². The standard InChI is InChI=1S/C20H33/c1-3-5-7-9-11-13-15-17-19-20-18-16-14-12-10-8-6-4-2/h3,5,7,9-20H2,1H3. The minimum absolute atomic E-state index is 0.934. The minimum Gasteiger partial charge on any atom is -0.0891 e. The van der Waals surface area contributed by atoms with Crippen LogP contribution in [0.5, 0.6) is 0 Å². The first-order valence-corrected chi connectivity index (χ1v) is 8.81. The molecule has 0 aromatic rings. The molecule has 0 aliphatic heterocycles. The predicted molar refractivity (Wildman–Crippen MR) is 89.8 cm³/mol. The average Bonchev–Trinajstić information content (AvgIpc) is 2.47. The molecule has 0 amide bonds. The first kappa shape index (κ1) is 19.1. The summed E-state index contributed by atoms with van der Waals surface area (Å²) in [6.45, 7) is 2.28. The second-order valence-electron chi connectivity index (χ2n) is 5.77. The molecule has 0 rings (SSSR count). The Labute approximate surface area is 128 Å². The maximum Gasteiger partial charge on any atom is 0.00989 e. The van der Waals surface area contributed by atoms with Gasteiger partial charge in [0.1, 0.15) is 0 Å². The molecule has 113 valence electrons. The molecule has 0 aliphatic carbocycles. The predicted octanol–water partition coefficient (Wildman–Crippen LogP) is 6.45. The van der Waals surface area contributed by atoms with E-state index in [1.165, 1.54) is 89.9 Å². The van der Waals surface area contributed by atoms with E-state index in [9.17, 15) is 0 Å². The molecule has 1 radical (unpaired) electrons. The molecule has 0 aromatic heterocycles. The molecule has 0 N–H and O–H groups in total. The molecule has 0 atom stereocenters. The van der Waals surface area contributed by atoms with Gasteiger partial charge in [0, 0.05) is 6.42 Å². The summed E-state index contributed by atoms with van der Waals surface area (Å²) in [7, 11) is 0. The second kappa shape index (κ2) is 18.1. The molecule has 0 aliphatic rings. The Morgan fingerprint density at radius 2 is 1.00 bits per heavy atom. The van der Waals surface area contributed by atoms with Crippen molar-refractivity contribution in [2.24, 2.45) is 0 Å². The first-order valence-electron chi connectivity index (χ1n) is 8.81. The van der Waals surface area contributed by atoms with E-state index in [4.69, 9.17) is 6.42 Å². The lowest BCUT2D eigenvalue weighted by Crippen LogP contribution is -1.83. The number of hydrogen-bond donors (Lipinski definition) is 0. The van der Waals surface area contributed by atoms with E-state index in [1.54, 1.807) is 0 Å². The van der Waals surface area contributed by atoms with Crippen molar-refractivity contribution < 1.29 is 0 Å². The van der Waals surface area contributed by atoms with Crippen molar-refractivity contribution in [3.63, 3.8) is 0 Å². The molecule has 0 bridgehead atoms. The molecular weight excluding hydrogens is 240 g/mol. The molecule has 20 heavy (non-hydrogen) atoms. The van der Waals surface area contributed by atoms with Crippen LogP contribution in [0, 0.1) is 24.2 Å². The van der Waals surface area contributed by atoms with E-state index in [2.05, 4.69) is 24.7 Å². The van der Waals surface area contributed by atoms with E-state index >= 15 is 0 Å². The summed E-state index contributed by atoms with van der Waals surface area (Å²) in [5, 5.41) is 0. The van der Waals surface area contributed by atoms with Crippen LogP contribution in [0.25, 0.3) is 0 Å². The van der Waals surface area contributed by atoms with Gasteiger partial charge in [-0.25, -0.2) is 0 Å². The van der Waals surface area contributed by atoms with Crippen LogP contribution in [0.2, 0.25) is 0 Å². The average molecular weight is 273 g/mol. The summed E-state index contributed by atoms with van der Waals surface area (Å²) < 4.78 is 0. The Morgan fingerprint density at radius 1 is 0.600 bits per heavy atom. The van der Waals surface area contributed by atoms with Gasteiger partial charge in [0.25, 0.3) is 0 Å². The zero-order valence-corrected chi connectivity index (χ0v) is 13.6. The van der Waals surface area contributed by atoms with Gasteiger partial charge in [0.15, 0.2) is 0 Å². The Balaban J connectivity index is 2.98. The third-order valence-electron chi connectivity index (χ3n) is 3.81. The van der Waals surface area contributed by atoms with Gasteiger partial charge in [-0.1, -0.05) is 96.3 Å². The molecule has 0 saturated carbocycles. The van der Waals surface area contributed by atoms with E-state index in [0.29, 0.717) is 0 Å². The number of unbranched alkanes of at least 4 members (excludes halogenated alkanes) is 14. The van der Waals surface area contributed by atoms with Crippen LogP contribution in [-0.4, -0.2) is 0 Å². The molecule has 0 heterocycles. The van der Waals surface area contributed by atoms with E-state index < -0.39 is 0 Å². The summed E-state index contributed by atoms with van der Waals surface area (Å²) in [5.41, 5.74) is 0. The topological polar surface area (TPSA) is 0 Å². The van der Waals surface area contributed by atoms with E-state index in [-0.39, 0.29) is 0 Å². The van der Waals surface area contributed by atoms with Crippen molar-refractivity contribution in [1.82, 2.24) is 0 Å². The normalized spacial score (nSPS) is 9.80. The fourth-order valence-electron chi connectivity index (χ4n) is 2.51. The lowest BCUT2D eigenvalue weighted by Gasteiger charge is -2.02. The van der Waals surface area contributed by atoms with Gasteiger partial charge in [-0.2, -0.15) is 0 Å². The lowest BCUT2D eigenvalue weighted by atomic mass is 10.0. The molecular formula is C20H33. The monoisotopic (exact) mass is 273 g/mol. The van der Waals surface area contributed by atoms with Gasteiger partial charge >= 0.3 is 0 Å². The maximum absolute atomic E-state index is 6.66. The van der Waals surface area contributed by atoms with Gasteiger partial charge in [0.05, 0.1) is 0 Å². The molecule has 0 heteroatoms. The Hall–Kier alpha value is -0.880. The van der Waals surface area contributed by atoms with Gasteiger partial charge < -0.3 is 0 Å². The van der Waals surface area contributed by atoms with Crippen molar-refractivity contribution in [3.8, 4) is 17.8 Å². The summed E-state index contributed by atoms with van der Waals surface area (Å²) in [6, 6.07) is 0. The summed E-state index contributed by atoms with van der Waals surface area (Å²) in [5.74, 6) is 7.60. The quantitative estimate of drug-likeness (QED) is 0.252. The molecule has 0 fully saturated rings. The summed E-state index contributed by atoms with van der Waals surface area (Å²) in [4.78, 5) is 0. The summed E-state index contributed by atoms with van der Waals surface area (Å²) in [6.07, 6.45) is 27.1. The molecule has 0 spiro atoms. The highest BCUT2D eigenvalue weighted by Gasteiger charge is 1.93. The van der Waals surface area contributed by atoms with Crippen molar-refractivity contribution in [3.05, 3.63) is 6.42 Å². The van der Waals surface area contributed by atoms with Gasteiger partial charge in [0.2, 0.25) is 0 Å². The number of hydrogen-bond acceptors (Lipinski definition) is 0. The highest BCUT2D eigenvalue weighted by atomic mass is 14.0. The Bertz CT molecular complexity index is 271. The lowest BCUT2D eigenvalue weighted by molar-refractivity contribution is 0.536. The van der Waals surface area contributed by atoms with Crippen molar-refractivity contribution >= 4 is 0 Å². The van der Waals surface area contributed by atoms with Gasteiger partial charge in [-0.15, -0.1) is 0 Å². The highest BCUT2D eigenvalue weighted by Crippen LogP contribution is 2.13. The Kier molecular flexibility index (Phi) is 17.3. The fraction of sp³-hybridized carbons (Fsp3) is 0.800. The van der Waals surface area contributed by atoms with E-state index in [1.807, 2.05) is 0 Å². The zero-order chi connectivity index (χ0) is 14.7. The third kappa shape index (κ3) is 17.1. The highest BCUT2D eigenvalue weighted by molar-refractivity contribution is 5.18. The van der Waals surface area contributed by atoms with Crippen LogP contribution in [0.1, 0.15) is 103 Å². The molecule has 0 saturated heterocycles. The van der Waals surface area contributed by atoms with Crippen LogP contribution >= 0.6 is 0 Å². The largest absolute Gasteiger partial charge is 0.0891 e. The molecule has 0 unspecified atom stereocenters. The molecule has 0 aromatic carbocycles. The van der Waals surface area contributed by atoms with Crippen LogP contribution in [0.3, 0.4) is 0 Å². The third-order valence-corrected chi connectivity index (χ3v) is 3.81. The Morgan fingerprint density at radius 3 is 1.40 bits per heavy atom. The van der Waals surface area contributed by atoms with Crippen molar-refractivity contribution in [2.75, 3.05) is 0 Å². The van der Waals surface area contributed by atoms with Crippen molar-refractivity contribution in [2.45, 2.75) is 103 Å². The van der Waals surface area contributed by atoms with E-state index in [0.717, 1.165) is 6.42 Å². The van der Waals surface area contributed by atoms with Crippen LogP contribution in [0.15, 0.2) is 0 Å². The maximum atomic E-state index is 6.66. The minimum atomic E-state index is 0.934. The SMILES string of the molecule is [C]#CC#CCCCCCCCCCCCCCCCC. The molecule has 0 nitrogen and oxygen atoms in total. The first-order chi connectivity index (χ1) is 9.91. The van der Waals surface area contributed by atoms with Crippen LogP contribution < -0.4 is 0 Å². The second-order valence-corrected chi connectivity index (χ2v) is 5.77.